The molecule has 4 rings (SSSR count). The Morgan fingerprint density at radius 3 is 2.96 bits per heavy atom. The van der Waals surface area contributed by atoms with E-state index in [-0.39, 0.29) is 11.5 Å². The smallest absolute Gasteiger partial charge is 0.189 e. The van der Waals surface area contributed by atoms with E-state index in [9.17, 15) is 4.79 Å². The van der Waals surface area contributed by atoms with E-state index in [1.165, 1.54) is 0 Å². The van der Waals surface area contributed by atoms with E-state index in [2.05, 4.69) is 35.0 Å². The number of rotatable bonds is 4. The summed E-state index contributed by atoms with van der Waals surface area (Å²) >= 11 is 0. The zero-order valence-electron chi connectivity index (χ0n) is 14.7. The van der Waals surface area contributed by atoms with Crippen molar-refractivity contribution in [1.82, 2.24) is 15.0 Å². The van der Waals surface area contributed by atoms with Gasteiger partial charge in [0.05, 0.1) is 6.04 Å². The van der Waals surface area contributed by atoms with E-state index in [1.807, 2.05) is 24.3 Å². The molecular weight excluding hydrogens is 314 g/mol. The second-order valence-corrected chi connectivity index (χ2v) is 7.14. The Kier molecular flexibility index (Phi) is 4.17. The summed E-state index contributed by atoms with van der Waals surface area (Å²) < 4.78 is 5.48. The molecular formula is C20H23N3O2. The molecule has 1 fully saturated rings. The first-order valence-corrected chi connectivity index (χ1v) is 8.93. The van der Waals surface area contributed by atoms with Gasteiger partial charge in [-0.05, 0) is 31.5 Å². The molecule has 2 aromatic heterocycles. The van der Waals surface area contributed by atoms with Crippen molar-refractivity contribution >= 4 is 10.9 Å². The fraction of sp³-hybridized carbons (Fsp3) is 0.400. The lowest BCUT2D eigenvalue weighted by Gasteiger charge is -2.22. The van der Waals surface area contributed by atoms with Crippen LogP contribution < -0.4 is 5.43 Å². The van der Waals surface area contributed by atoms with Crippen LogP contribution in [0.5, 0.6) is 0 Å². The summed E-state index contributed by atoms with van der Waals surface area (Å²) in [5, 5.41) is 5.03. The first-order chi connectivity index (χ1) is 12.1. The van der Waals surface area contributed by atoms with Crippen molar-refractivity contribution in [3.63, 3.8) is 0 Å². The molecule has 0 unspecified atom stereocenters. The summed E-state index contributed by atoms with van der Waals surface area (Å²) in [6.45, 7) is 5.94. The van der Waals surface area contributed by atoms with Gasteiger partial charge in [0, 0.05) is 41.2 Å². The van der Waals surface area contributed by atoms with Crippen molar-refractivity contribution in [2.45, 2.75) is 45.2 Å². The quantitative estimate of drug-likeness (QED) is 0.782. The molecule has 1 atom stereocenters. The zero-order chi connectivity index (χ0) is 17.4. The molecule has 1 N–H and O–H groups in total. The van der Waals surface area contributed by atoms with Gasteiger partial charge in [0.1, 0.15) is 11.5 Å². The summed E-state index contributed by atoms with van der Waals surface area (Å²) in [5.41, 5.74) is 2.92. The standard InChI is InChI=1S/C20H23N3O2/c1-13(2)20-11-17(22-25-20)18-8-5-9-23(18)12-14-10-19(24)15-6-3-4-7-16(15)21-14/h3-4,6-7,10-11,13,18H,5,8-9,12H2,1-2H3,(H,21,24)/t18-/m0/s1. The lowest BCUT2D eigenvalue weighted by atomic mass is 10.1. The van der Waals surface area contributed by atoms with Crippen LogP contribution in [-0.2, 0) is 6.54 Å². The largest absolute Gasteiger partial charge is 0.361 e. The van der Waals surface area contributed by atoms with Gasteiger partial charge < -0.3 is 9.51 Å². The number of fused-ring (bicyclic) bond motifs is 1. The predicted molar refractivity (Wildman–Crippen MR) is 97.5 cm³/mol. The van der Waals surface area contributed by atoms with Crippen molar-refractivity contribution < 1.29 is 4.52 Å². The lowest BCUT2D eigenvalue weighted by Crippen LogP contribution is -2.24. The third-order valence-electron chi connectivity index (χ3n) is 4.99. The van der Waals surface area contributed by atoms with Gasteiger partial charge in [0.15, 0.2) is 5.43 Å². The van der Waals surface area contributed by atoms with Crippen molar-refractivity contribution in [1.29, 1.82) is 0 Å². The molecule has 1 aliphatic heterocycles. The van der Waals surface area contributed by atoms with Gasteiger partial charge in [0.25, 0.3) is 0 Å². The highest BCUT2D eigenvalue weighted by Crippen LogP contribution is 2.33. The van der Waals surface area contributed by atoms with Gasteiger partial charge >= 0.3 is 0 Å². The van der Waals surface area contributed by atoms with Crippen molar-refractivity contribution in [2.24, 2.45) is 0 Å². The Morgan fingerprint density at radius 1 is 1.32 bits per heavy atom. The molecule has 0 spiro atoms. The number of aromatic amines is 1. The molecule has 3 heterocycles. The molecule has 0 radical (unpaired) electrons. The first kappa shape index (κ1) is 16.1. The summed E-state index contributed by atoms with van der Waals surface area (Å²) in [7, 11) is 0. The average Bonchev–Trinajstić information content (AvgIpc) is 3.24. The van der Waals surface area contributed by atoms with Crippen LogP contribution in [0.4, 0.5) is 0 Å². The number of nitrogens with one attached hydrogen (secondary N) is 1. The van der Waals surface area contributed by atoms with Gasteiger partial charge in [-0.2, -0.15) is 0 Å². The van der Waals surface area contributed by atoms with Crippen LogP contribution in [-0.4, -0.2) is 21.6 Å². The third kappa shape index (κ3) is 3.12. The zero-order valence-corrected chi connectivity index (χ0v) is 14.7. The van der Waals surface area contributed by atoms with Gasteiger partial charge in [0.2, 0.25) is 0 Å². The van der Waals surface area contributed by atoms with Crippen LogP contribution >= 0.6 is 0 Å². The molecule has 1 saturated heterocycles. The monoisotopic (exact) mass is 337 g/mol. The van der Waals surface area contributed by atoms with Crippen molar-refractivity contribution in [3.8, 4) is 0 Å². The number of para-hydroxylation sites is 1. The van der Waals surface area contributed by atoms with Gasteiger partial charge in [-0.1, -0.05) is 31.1 Å². The molecule has 25 heavy (non-hydrogen) atoms. The Labute approximate surface area is 146 Å². The van der Waals surface area contributed by atoms with Crippen LogP contribution in [0.25, 0.3) is 10.9 Å². The van der Waals surface area contributed by atoms with Gasteiger partial charge in [-0.15, -0.1) is 0 Å². The summed E-state index contributed by atoms with van der Waals surface area (Å²) in [6, 6.07) is 11.7. The normalized spacial score (nSPS) is 18.4. The summed E-state index contributed by atoms with van der Waals surface area (Å²) in [6.07, 6.45) is 2.20. The number of benzene rings is 1. The molecule has 1 aromatic carbocycles. The number of aromatic nitrogens is 2. The molecule has 3 aromatic rings. The fourth-order valence-electron chi connectivity index (χ4n) is 3.64. The molecule has 5 heteroatoms. The first-order valence-electron chi connectivity index (χ1n) is 8.93. The number of pyridine rings is 1. The number of likely N-dealkylation sites (tertiary alicyclic amines) is 1. The minimum atomic E-state index is 0.0728. The number of H-pyrrole nitrogens is 1. The SMILES string of the molecule is CC(C)c1cc([C@@H]2CCCN2Cc2cc(=O)c3ccccc3[nH]2)no1. The van der Waals surface area contributed by atoms with Gasteiger partial charge in [-0.3, -0.25) is 9.69 Å². The van der Waals surface area contributed by atoms with Crippen LogP contribution in [0.3, 0.4) is 0 Å². The summed E-state index contributed by atoms with van der Waals surface area (Å²) in [5.74, 6) is 1.27. The second kappa shape index (κ2) is 6.48. The van der Waals surface area contributed by atoms with E-state index in [0.717, 1.165) is 47.4 Å². The average molecular weight is 337 g/mol. The predicted octanol–water partition coefficient (Wildman–Crippen LogP) is 3.98. The fourth-order valence-corrected chi connectivity index (χ4v) is 3.64. The second-order valence-electron chi connectivity index (χ2n) is 7.14. The van der Waals surface area contributed by atoms with Crippen LogP contribution in [0.15, 0.2) is 45.7 Å². The van der Waals surface area contributed by atoms with Crippen molar-refractivity contribution in [3.05, 3.63) is 63.8 Å². The van der Waals surface area contributed by atoms with E-state index < -0.39 is 0 Å². The highest BCUT2D eigenvalue weighted by atomic mass is 16.5. The minimum absolute atomic E-state index is 0.0728. The maximum atomic E-state index is 12.3. The topological polar surface area (TPSA) is 62.1 Å². The maximum Gasteiger partial charge on any atom is 0.189 e. The van der Waals surface area contributed by atoms with E-state index in [0.29, 0.717) is 12.5 Å². The van der Waals surface area contributed by atoms with Crippen molar-refractivity contribution in [2.75, 3.05) is 6.54 Å². The molecule has 130 valence electrons. The van der Waals surface area contributed by atoms with Gasteiger partial charge in [-0.25, -0.2) is 0 Å². The number of nitrogens with zero attached hydrogens (tertiary/aromatic N) is 2. The van der Waals surface area contributed by atoms with Crippen LogP contribution in [0.1, 0.15) is 55.8 Å². The number of hydrogen-bond acceptors (Lipinski definition) is 4. The molecule has 0 amide bonds. The lowest BCUT2D eigenvalue weighted by molar-refractivity contribution is 0.233. The van der Waals surface area contributed by atoms with E-state index >= 15 is 0 Å². The molecule has 5 nitrogen and oxygen atoms in total. The molecule has 0 saturated carbocycles. The third-order valence-corrected chi connectivity index (χ3v) is 4.99. The molecule has 0 aliphatic carbocycles. The van der Waals surface area contributed by atoms with E-state index in [4.69, 9.17) is 4.52 Å². The van der Waals surface area contributed by atoms with E-state index in [1.54, 1.807) is 6.07 Å². The minimum Gasteiger partial charge on any atom is -0.361 e. The number of hydrogen-bond donors (Lipinski definition) is 1. The summed E-state index contributed by atoms with van der Waals surface area (Å²) in [4.78, 5) is 18.1. The highest BCUT2D eigenvalue weighted by Gasteiger charge is 2.29. The van der Waals surface area contributed by atoms with Crippen LogP contribution in [0.2, 0.25) is 0 Å². The Morgan fingerprint density at radius 2 is 2.16 bits per heavy atom. The Balaban J connectivity index is 1.60. The Hall–Kier alpha value is -2.40. The highest BCUT2D eigenvalue weighted by molar-refractivity contribution is 5.78. The molecule has 0 bridgehead atoms. The molecule has 1 aliphatic rings. The van der Waals surface area contributed by atoms with Crippen LogP contribution in [0, 0.1) is 0 Å². The Bertz CT molecular complexity index is 941. The maximum absolute atomic E-state index is 12.3.